The topological polar surface area (TPSA) is 76.7 Å². The van der Waals surface area contributed by atoms with Gasteiger partial charge < -0.3 is 9.84 Å². The first-order chi connectivity index (χ1) is 14.0. The number of hydrogen-bond acceptors (Lipinski definition) is 4. The van der Waals surface area contributed by atoms with Crippen LogP contribution >= 0.6 is 11.6 Å². The number of rotatable bonds is 6. The van der Waals surface area contributed by atoms with E-state index in [0.717, 1.165) is 17.0 Å². The average molecular weight is 430 g/mol. The van der Waals surface area contributed by atoms with Crippen molar-refractivity contribution < 1.29 is 14.6 Å². The smallest absolute Gasteiger partial charge is 0.337 e. The Bertz CT molecular complexity index is 1080. The minimum Gasteiger partial charge on any atom is -0.479 e. The molecule has 0 bridgehead atoms. The number of fused-ring (bicyclic) bond motifs is 1. The number of aromatic nitrogens is 3. The Morgan fingerprint density at radius 3 is 2.53 bits per heavy atom. The third-order valence-electron chi connectivity index (χ3n) is 4.61. The highest BCUT2D eigenvalue weighted by molar-refractivity contribution is 6.30. The maximum absolute atomic E-state index is 12.2. The summed E-state index contributed by atoms with van der Waals surface area (Å²) in [5.41, 5.74) is 3.65. The first kappa shape index (κ1) is 22.2. The molecule has 7 heteroatoms. The maximum Gasteiger partial charge on any atom is 0.337 e. The molecule has 2 heterocycles. The lowest BCUT2D eigenvalue weighted by Crippen LogP contribution is -2.29. The molecule has 1 aromatic carbocycles. The van der Waals surface area contributed by atoms with E-state index < -0.39 is 17.7 Å². The molecule has 0 fully saturated rings. The quantitative estimate of drug-likeness (QED) is 0.560. The number of nitrogens with zero attached hydrogens (tertiary/aromatic N) is 3. The van der Waals surface area contributed by atoms with Gasteiger partial charge in [-0.3, -0.25) is 0 Å². The number of carbonyl (C=O) groups is 1. The molecular weight excluding hydrogens is 402 g/mol. The van der Waals surface area contributed by atoms with Gasteiger partial charge in [-0.05, 0) is 52.2 Å². The minimum atomic E-state index is -1.13. The SMILES string of the molecule is Cc1nc2cc(-c3cccc(Cl)c3)nn2c(CC(C)C)c1[C@H](OC(C)(C)C)C(=O)O. The lowest BCUT2D eigenvalue weighted by atomic mass is 9.98. The van der Waals surface area contributed by atoms with Gasteiger partial charge in [-0.15, -0.1) is 0 Å². The van der Waals surface area contributed by atoms with Gasteiger partial charge in [0.05, 0.1) is 17.0 Å². The largest absolute Gasteiger partial charge is 0.479 e. The number of carboxylic acid groups (broad SMARTS) is 1. The molecule has 0 saturated heterocycles. The Balaban J connectivity index is 2.26. The van der Waals surface area contributed by atoms with Crippen molar-refractivity contribution in [3.63, 3.8) is 0 Å². The normalized spacial score (nSPS) is 13.2. The standard InChI is InChI=1S/C23H28ClN3O3/c1-13(2)10-18-20(21(22(28)29)30-23(4,5)6)14(3)25-19-12-17(26-27(18)19)15-8-7-9-16(24)11-15/h7-9,11-13,21H,10H2,1-6H3,(H,28,29)/t21-/m0/s1. The predicted molar refractivity (Wildman–Crippen MR) is 118 cm³/mol. The third kappa shape index (κ3) is 4.82. The molecule has 3 aromatic rings. The third-order valence-corrected chi connectivity index (χ3v) is 4.84. The first-order valence-electron chi connectivity index (χ1n) is 10.0. The molecule has 1 atom stereocenters. The zero-order valence-electron chi connectivity index (χ0n) is 18.2. The van der Waals surface area contributed by atoms with E-state index in [9.17, 15) is 9.90 Å². The first-order valence-corrected chi connectivity index (χ1v) is 10.4. The van der Waals surface area contributed by atoms with E-state index in [1.807, 2.05) is 58.0 Å². The molecule has 30 heavy (non-hydrogen) atoms. The summed E-state index contributed by atoms with van der Waals surface area (Å²) in [6.45, 7) is 11.5. The van der Waals surface area contributed by atoms with E-state index >= 15 is 0 Å². The van der Waals surface area contributed by atoms with Gasteiger partial charge in [0.25, 0.3) is 0 Å². The highest BCUT2D eigenvalue weighted by Gasteiger charge is 2.32. The highest BCUT2D eigenvalue weighted by Crippen LogP contribution is 2.32. The number of benzene rings is 1. The van der Waals surface area contributed by atoms with Gasteiger partial charge in [-0.2, -0.15) is 5.10 Å². The second-order valence-corrected chi connectivity index (χ2v) is 9.35. The van der Waals surface area contributed by atoms with Crippen LogP contribution in [0.15, 0.2) is 30.3 Å². The Hall–Kier alpha value is -2.44. The lowest BCUT2D eigenvalue weighted by Gasteiger charge is -2.27. The fraction of sp³-hybridized carbons (Fsp3) is 0.435. The van der Waals surface area contributed by atoms with Crippen LogP contribution in [0, 0.1) is 12.8 Å². The van der Waals surface area contributed by atoms with Crippen LogP contribution in [0.25, 0.3) is 16.9 Å². The van der Waals surface area contributed by atoms with Gasteiger partial charge in [0.15, 0.2) is 11.8 Å². The second kappa shape index (κ2) is 8.36. The molecule has 6 nitrogen and oxygen atoms in total. The zero-order valence-corrected chi connectivity index (χ0v) is 19.0. The Labute approximate surface area is 181 Å². The maximum atomic E-state index is 12.2. The molecule has 0 aliphatic heterocycles. The predicted octanol–water partition coefficient (Wildman–Crippen LogP) is 5.50. The molecule has 1 N–H and O–H groups in total. The van der Waals surface area contributed by atoms with E-state index in [1.54, 1.807) is 4.52 Å². The van der Waals surface area contributed by atoms with Gasteiger partial charge >= 0.3 is 5.97 Å². The van der Waals surface area contributed by atoms with Gasteiger partial charge in [-0.1, -0.05) is 37.6 Å². The van der Waals surface area contributed by atoms with Crippen LogP contribution < -0.4 is 0 Å². The van der Waals surface area contributed by atoms with Crippen LogP contribution in [0.4, 0.5) is 0 Å². The van der Waals surface area contributed by atoms with Crippen molar-refractivity contribution >= 4 is 23.2 Å². The summed E-state index contributed by atoms with van der Waals surface area (Å²) in [6.07, 6.45) is -0.488. The average Bonchev–Trinajstić information content (AvgIpc) is 3.03. The summed E-state index contributed by atoms with van der Waals surface area (Å²) in [5, 5.41) is 15.4. The molecular formula is C23H28ClN3O3. The monoisotopic (exact) mass is 429 g/mol. The van der Waals surface area contributed by atoms with Crippen molar-refractivity contribution in [2.75, 3.05) is 0 Å². The molecule has 0 aliphatic carbocycles. The van der Waals surface area contributed by atoms with Crippen LogP contribution in [0.5, 0.6) is 0 Å². The summed E-state index contributed by atoms with van der Waals surface area (Å²) < 4.78 is 7.70. The van der Waals surface area contributed by atoms with Gasteiger partial charge in [0.1, 0.15) is 0 Å². The van der Waals surface area contributed by atoms with Crippen molar-refractivity contribution in [3.8, 4) is 11.3 Å². The molecule has 2 aromatic heterocycles. The summed E-state index contributed by atoms with van der Waals surface area (Å²) in [7, 11) is 0. The van der Waals surface area contributed by atoms with Crippen molar-refractivity contribution in [1.82, 2.24) is 14.6 Å². The molecule has 0 saturated carbocycles. The molecule has 0 spiro atoms. The summed E-state index contributed by atoms with van der Waals surface area (Å²) in [4.78, 5) is 16.8. The number of aryl methyl sites for hydroxylation is 1. The van der Waals surface area contributed by atoms with Crippen LogP contribution in [0.2, 0.25) is 5.02 Å². The van der Waals surface area contributed by atoms with E-state index in [2.05, 4.69) is 18.8 Å². The van der Waals surface area contributed by atoms with Crippen molar-refractivity contribution in [2.24, 2.45) is 5.92 Å². The molecule has 0 radical (unpaired) electrons. The second-order valence-electron chi connectivity index (χ2n) is 8.91. The van der Waals surface area contributed by atoms with E-state index in [1.165, 1.54) is 0 Å². The Kier molecular flexibility index (Phi) is 6.20. The Morgan fingerprint density at radius 2 is 1.97 bits per heavy atom. The van der Waals surface area contributed by atoms with Crippen LogP contribution in [-0.2, 0) is 16.0 Å². The van der Waals surface area contributed by atoms with Gasteiger partial charge in [0.2, 0.25) is 0 Å². The fourth-order valence-corrected chi connectivity index (χ4v) is 3.69. The van der Waals surface area contributed by atoms with E-state index in [4.69, 9.17) is 21.4 Å². The summed E-state index contributed by atoms with van der Waals surface area (Å²) >= 11 is 6.15. The molecule has 3 rings (SSSR count). The van der Waals surface area contributed by atoms with E-state index in [-0.39, 0.29) is 5.92 Å². The highest BCUT2D eigenvalue weighted by atomic mass is 35.5. The number of halogens is 1. The number of hydrogen-bond donors (Lipinski definition) is 1. The van der Waals surface area contributed by atoms with Gasteiger partial charge in [0, 0.05) is 27.9 Å². The molecule has 160 valence electrons. The molecule has 0 unspecified atom stereocenters. The fourth-order valence-electron chi connectivity index (χ4n) is 3.50. The van der Waals surface area contributed by atoms with E-state index in [0.29, 0.717) is 28.3 Å². The van der Waals surface area contributed by atoms with Crippen molar-refractivity contribution in [3.05, 3.63) is 52.3 Å². The lowest BCUT2D eigenvalue weighted by molar-refractivity contribution is -0.160. The molecule has 0 amide bonds. The van der Waals surface area contributed by atoms with Crippen LogP contribution in [0.1, 0.15) is 57.7 Å². The van der Waals surface area contributed by atoms with Gasteiger partial charge in [-0.25, -0.2) is 14.3 Å². The van der Waals surface area contributed by atoms with Crippen molar-refractivity contribution in [2.45, 2.75) is 59.7 Å². The Morgan fingerprint density at radius 1 is 1.27 bits per heavy atom. The molecule has 0 aliphatic rings. The van der Waals surface area contributed by atoms with Crippen molar-refractivity contribution in [1.29, 1.82) is 0 Å². The van der Waals surface area contributed by atoms with Crippen LogP contribution in [0.3, 0.4) is 0 Å². The number of ether oxygens (including phenoxy) is 1. The van der Waals surface area contributed by atoms with Crippen LogP contribution in [-0.4, -0.2) is 31.3 Å². The zero-order chi connectivity index (χ0) is 22.2. The minimum absolute atomic E-state index is 0.289. The number of carboxylic acids is 1. The summed E-state index contributed by atoms with van der Waals surface area (Å²) in [6, 6.07) is 9.37. The summed E-state index contributed by atoms with van der Waals surface area (Å²) in [5.74, 6) is -0.752. The number of aliphatic carboxylic acids is 1.